The molecule has 3 N–H and O–H groups in total. The zero-order valence-corrected chi connectivity index (χ0v) is 11.8. The molecule has 5 nitrogen and oxygen atoms in total. The van der Waals surface area contributed by atoms with Crippen LogP contribution in [0.25, 0.3) is 11.3 Å². The van der Waals surface area contributed by atoms with Gasteiger partial charge < -0.3 is 5.73 Å². The lowest BCUT2D eigenvalue weighted by atomic mass is 9.80. The Hall–Kier alpha value is -1.91. The molecule has 0 spiro atoms. The maximum Gasteiger partial charge on any atom is 0.132 e. The van der Waals surface area contributed by atoms with E-state index in [1.165, 1.54) is 32.1 Å². The Balaban J connectivity index is 1.85. The van der Waals surface area contributed by atoms with E-state index in [-0.39, 0.29) is 0 Å². The lowest BCUT2D eigenvalue weighted by Crippen LogP contribution is -2.16. The molecule has 1 saturated carbocycles. The Morgan fingerprint density at radius 3 is 2.80 bits per heavy atom. The number of aromatic amines is 1. The summed E-state index contributed by atoms with van der Waals surface area (Å²) in [6.45, 7) is 2.24. The summed E-state index contributed by atoms with van der Waals surface area (Å²) < 4.78 is 0. The van der Waals surface area contributed by atoms with E-state index in [0.717, 1.165) is 17.1 Å². The number of aromatic nitrogens is 4. The lowest BCUT2D eigenvalue weighted by Gasteiger charge is -2.26. The maximum absolute atomic E-state index is 5.86. The first kappa shape index (κ1) is 13.1. The van der Waals surface area contributed by atoms with Crippen LogP contribution in [0.5, 0.6) is 0 Å². The second kappa shape index (κ2) is 5.61. The van der Waals surface area contributed by atoms with E-state index in [9.17, 15) is 0 Å². The van der Waals surface area contributed by atoms with E-state index >= 15 is 0 Å². The molecule has 2 heterocycles. The Morgan fingerprint density at radius 1 is 1.30 bits per heavy atom. The number of nitrogens with one attached hydrogen (secondary N) is 1. The third kappa shape index (κ3) is 2.53. The summed E-state index contributed by atoms with van der Waals surface area (Å²) in [4.78, 5) is 9.17. The minimum atomic E-state index is 0.406. The molecule has 3 rings (SSSR count). The SMILES string of the molecule is CC(c1nccc(-c2cn[nH]c2N)n1)C1CCCCC1. The standard InChI is InChI=1S/C15H21N5/c1-10(11-5-3-2-4-6-11)15-17-8-7-13(19-15)12-9-18-20-14(12)16/h7-11H,2-6H2,1H3,(H3,16,18,20). The van der Waals surface area contributed by atoms with Gasteiger partial charge in [-0.2, -0.15) is 5.10 Å². The van der Waals surface area contributed by atoms with Gasteiger partial charge in [-0.1, -0.05) is 26.2 Å². The molecule has 5 heteroatoms. The van der Waals surface area contributed by atoms with Crippen molar-refractivity contribution in [2.24, 2.45) is 5.92 Å². The van der Waals surface area contributed by atoms with Crippen molar-refractivity contribution in [1.29, 1.82) is 0 Å². The first-order valence-corrected chi connectivity index (χ1v) is 7.38. The molecule has 0 saturated heterocycles. The number of nitrogens with zero attached hydrogens (tertiary/aromatic N) is 3. The Morgan fingerprint density at radius 2 is 2.10 bits per heavy atom. The van der Waals surface area contributed by atoms with Crippen LogP contribution in [0.15, 0.2) is 18.5 Å². The van der Waals surface area contributed by atoms with Crippen molar-refractivity contribution < 1.29 is 0 Å². The second-order valence-electron chi connectivity index (χ2n) is 5.68. The van der Waals surface area contributed by atoms with Crippen LogP contribution in [0.2, 0.25) is 0 Å². The molecule has 1 atom stereocenters. The number of hydrogen-bond donors (Lipinski definition) is 2. The van der Waals surface area contributed by atoms with E-state index in [2.05, 4.69) is 22.1 Å². The molecule has 0 bridgehead atoms. The average Bonchev–Trinajstić information content (AvgIpc) is 2.94. The van der Waals surface area contributed by atoms with Crippen molar-refractivity contribution in [2.75, 3.05) is 5.73 Å². The highest BCUT2D eigenvalue weighted by Crippen LogP contribution is 2.34. The van der Waals surface area contributed by atoms with Crippen LogP contribution in [0.4, 0.5) is 5.82 Å². The number of hydrogen-bond acceptors (Lipinski definition) is 4. The van der Waals surface area contributed by atoms with Gasteiger partial charge in [0, 0.05) is 12.1 Å². The zero-order valence-electron chi connectivity index (χ0n) is 11.8. The summed E-state index contributed by atoms with van der Waals surface area (Å²) in [6.07, 6.45) is 10.2. The van der Waals surface area contributed by atoms with Crippen LogP contribution in [-0.2, 0) is 0 Å². The molecule has 0 amide bonds. The molecule has 1 unspecified atom stereocenters. The van der Waals surface area contributed by atoms with Crippen molar-refractivity contribution in [3.63, 3.8) is 0 Å². The van der Waals surface area contributed by atoms with Gasteiger partial charge in [-0.05, 0) is 24.8 Å². The predicted octanol–water partition coefficient (Wildman–Crippen LogP) is 3.13. The molecule has 1 fully saturated rings. The summed E-state index contributed by atoms with van der Waals surface area (Å²) in [5, 5.41) is 6.70. The van der Waals surface area contributed by atoms with E-state index in [0.29, 0.717) is 17.7 Å². The third-order valence-corrected chi connectivity index (χ3v) is 4.38. The second-order valence-corrected chi connectivity index (χ2v) is 5.68. The van der Waals surface area contributed by atoms with Gasteiger partial charge in [0.2, 0.25) is 0 Å². The van der Waals surface area contributed by atoms with Crippen LogP contribution in [-0.4, -0.2) is 20.2 Å². The molecule has 0 aromatic carbocycles. The number of rotatable bonds is 3. The molecule has 106 valence electrons. The largest absolute Gasteiger partial charge is 0.384 e. The van der Waals surface area contributed by atoms with Gasteiger partial charge in [-0.3, -0.25) is 5.10 Å². The van der Waals surface area contributed by atoms with Crippen LogP contribution >= 0.6 is 0 Å². The topological polar surface area (TPSA) is 80.5 Å². The van der Waals surface area contributed by atoms with Crippen LogP contribution in [0.1, 0.15) is 50.8 Å². The molecule has 20 heavy (non-hydrogen) atoms. The summed E-state index contributed by atoms with van der Waals surface area (Å²) in [5.74, 6) is 2.60. The molecular formula is C15H21N5. The van der Waals surface area contributed by atoms with Crippen LogP contribution in [0.3, 0.4) is 0 Å². The lowest BCUT2D eigenvalue weighted by molar-refractivity contribution is 0.309. The van der Waals surface area contributed by atoms with Crippen molar-refractivity contribution in [1.82, 2.24) is 20.2 Å². The zero-order chi connectivity index (χ0) is 13.9. The molecular weight excluding hydrogens is 250 g/mol. The van der Waals surface area contributed by atoms with Crippen LogP contribution in [0, 0.1) is 5.92 Å². The minimum absolute atomic E-state index is 0.406. The predicted molar refractivity (Wildman–Crippen MR) is 79.0 cm³/mol. The fraction of sp³-hybridized carbons (Fsp3) is 0.533. The molecule has 1 aliphatic carbocycles. The fourth-order valence-electron chi connectivity index (χ4n) is 3.09. The first-order valence-electron chi connectivity index (χ1n) is 7.38. The quantitative estimate of drug-likeness (QED) is 0.898. The molecule has 2 aromatic heterocycles. The summed E-state index contributed by atoms with van der Waals surface area (Å²) in [6, 6.07) is 1.89. The van der Waals surface area contributed by atoms with Crippen molar-refractivity contribution in [2.45, 2.75) is 44.9 Å². The number of H-pyrrole nitrogens is 1. The van der Waals surface area contributed by atoms with Gasteiger partial charge in [0.25, 0.3) is 0 Å². The van der Waals surface area contributed by atoms with Gasteiger partial charge in [0.1, 0.15) is 11.6 Å². The van der Waals surface area contributed by atoms with E-state index < -0.39 is 0 Å². The average molecular weight is 271 g/mol. The summed E-state index contributed by atoms with van der Waals surface area (Å²) >= 11 is 0. The van der Waals surface area contributed by atoms with Gasteiger partial charge in [0.05, 0.1) is 17.5 Å². The Kier molecular flexibility index (Phi) is 3.67. The molecule has 2 aromatic rings. The van der Waals surface area contributed by atoms with Gasteiger partial charge in [-0.25, -0.2) is 9.97 Å². The number of nitrogens with two attached hydrogens (primary N) is 1. The normalized spacial score (nSPS) is 18.1. The fourth-order valence-corrected chi connectivity index (χ4v) is 3.09. The van der Waals surface area contributed by atoms with Crippen molar-refractivity contribution in [3.8, 4) is 11.3 Å². The van der Waals surface area contributed by atoms with Gasteiger partial charge >= 0.3 is 0 Å². The minimum Gasteiger partial charge on any atom is -0.384 e. The van der Waals surface area contributed by atoms with Crippen molar-refractivity contribution >= 4 is 5.82 Å². The third-order valence-electron chi connectivity index (χ3n) is 4.38. The monoisotopic (exact) mass is 271 g/mol. The van der Waals surface area contributed by atoms with Gasteiger partial charge in [-0.15, -0.1) is 0 Å². The highest BCUT2D eigenvalue weighted by molar-refractivity contribution is 5.69. The van der Waals surface area contributed by atoms with Crippen molar-refractivity contribution in [3.05, 3.63) is 24.3 Å². The Labute approximate surface area is 119 Å². The summed E-state index contributed by atoms with van der Waals surface area (Å²) in [7, 11) is 0. The smallest absolute Gasteiger partial charge is 0.132 e. The van der Waals surface area contributed by atoms with Gasteiger partial charge in [0.15, 0.2) is 0 Å². The van der Waals surface area contributed by atoms with E-state index in [4.69, 9.17) is 10.7 Å². The number of nitrogen functional groups attached to an aromatic ring is 1. The highest BCUT2D eigenvalue weighted by Gasteiger charge is 2.23. The molecule has 0 aliphatic heterocycles. The highest BCUT2D eigenvalue weighted by atomic mass is 15.1. The molecule has 1 aliphatic rings. The number of anilines is 1. The van der Waals surface area contributed by atoms with E-state index in [1.54, 1.807) is 6.20 Å². The molecule has 0 radical (unpaired) electrons. The first-order chi connectivity index (χ1) is 9.75. The van der Waals surface area contributed by atoms with Crippen LogP contribution < -0.4 is 5.73 Å². The summed E-state index contributed by atoms with van der Waals surface area (Å²) in [5.41, 5.74) is 7.57. The maximum atomic E-state index is 5.86. The Bertz CT molecular complexity index is 571. The van der Waals surface area contributed by atoms with E-state index in [1.807, 2.05) is 12.3 Å².